The van der Waals surface area contributed by atoms with Crippen molar-refractivity contribution >= 4 is 39.4 Å². The van der Waals surface area contributed by atoms with Gasteiger partial charge in [-0.25, -0.2) is 0 Å². The molecule has 1 rings (SSSR count). The molecule has 0 aliphatic rings. The third-order valence-electron chi connectivity index (χ3n) is 2.14. The third kappa shape index (κ3) is 2.95. The first-order valence-electron chi connectivity index (χ1n) is 4.47. The van der Waals surface area contributed by atoms with Crippen LogP contribution in [0, 0.1) is 9.49 Å². The number of rotatable bonds is 3. The summed E-state index contributed by atoms with van der Waals surface area (Å²) in [6, 6.07) is 7.91. The van der Waals surface area contributed by atoms with Gasteiger partial charge in [0.1, 0.15) is 0 Å². The molecule has 0 heterocycles. The summed E-state index contributed by atoms with van der Waals surface area (Å²) in [7, 11) is 0. The molecule has 3 heteroatoms. The van der Waals surface area contributed by atoms with E-state index >= 15 is 0 Å². The Morgan fingerprint density at radius 1 is 1.29 bits per heavy atom. The van der Waals surface area contributed by atoms with Crippen molar-refractivity contribution in [1.82, 2.24) is 0 Å². The number of hydrogen-bond acceptors (Lipinski definition) is 1. The van der Waals surface area contributed by atoms with Gasteiger partial charge in [-0.1, -0.05) is 26.0 Å². The number of halogens is 2. The van der Waals surface area contributed by atoms with Gasteiger partial charge >= 0.3 is 0 Å². The van der Waals surface area contributed by atoms with E-state index in [-0.39, 0.29) is 17.1 Å². The van der Waals surface area contributed by atoms with Crippen molar-refractivity contribution in [3.05, 3.63) is 33.4 Å². The highest BCUT2D eigenvalue weighted by Gasteiger charge is 2.21. The third-order valence-corrected chi connectivity index (χ3v) is 3.09. The predicted molar refractivity (Wildman–Crippen MR) is 67.6 cm³/mol. The fourth-order valence-electron chi connectivity index (χ4n) is 1.45. The molecule has 0 fully saturated rings. The minimum Gasteiger partial charge on any atom is -0.281 e. The van der Waals surface area contributed by atoms with Gasteiger partial charge < -0.3 is 0 Å². The van der Waals surface area contributed by atoms with Crippen LogP contribution in [0.5, 0.6) is 0 Å². The highest BCUT2D eigenvalue weighted by atomic mass is 127. The molecule has 76 valence electrons. The van der Waals surface area contributed by atoms with E-state index in [0.717, 1.165) is 9.13 Å². The van der Waals surface area contributed by atoms with Crippen LogP contribution in [0.3, 0.4) is 0 Å². The summed E-state index contributed by atoms with van der Waals surface area (Å²) in [4.78, 5) is 11.2. The van der Waals surface area contributed by atoms with Crippen molar-refractivity contribution in [3.8, 4) is 0 Å². The van der Waals surface area contributed by atoms with Crippen LogP contribution in [0.4, 0.5) is 0 Å². The highest BCUT2D eigenvalue weighted by Crippen LogP contribution is 2.27. The van der Waals surface area contributed by atoms with Crippen LogP contribution in [0.2, 0.25) is 0 Å². The first-order valence-corrected chi connectivity index (χ1v) is 5.93. The predicted octanol–water partition coefficient (Wildman–Crippen LogP) is 3.80. The molecular weight excluding hydrogens is 310 g/mol. The van der Waals surface area contributed by atoms with E-state index in [4.69, 9.17) is 11.6 Å². The van der Waals surface area contributed by atoms with Crippen LogP contribution in [-0.2, 0) is 4.79 Å². The van der Waals surface area contributed by atoms with Crippen molar-refractivity contribution in [2.24, 2.45) is 5.92 Å². The van der Waals surface area contributed by atoms with Gasteiger partial charge in [0.05, 0.1) is 5.92 Å². The molecule has 0 aliphatic carbocycles. The largest absolute Gasteiger partial charge is 0.281 e. The molecule has 0 aromatic heterocycles. The van der Waals surface area contributed by atoms with Crippen LogP contribution in [-0.4, -0.2) is 5.24 Å². The Labute approximate surface area is 103 Å². The summed E-state index contributed by atoms with van der Waals surface area (Å²) >= 11 is 7.81. The second-order valence-corrected chi connectivity index (χ2v) is 5.20. The van der Waals surface area contributed by atoms with Crippen molar-refractivity contribution < 1.29 is 4.79 Å². The topological polar surface area (TPSA) is 17.1 Å². The fourth-order valence-corrected chi connectivity index (χ4v) is 2.19. The first kappa shape index (κ1) is 12.0. The Morgan fingerprint density at radius 2 is 1.79 bits per heavy atom. The Morgan fingerprint density at radius 3 is 2.14 bits per heavy atom. The highest BCUT2D eigenvalue weighted by molar-refractivity contribution is 14.1. The van der Waals surface area contributed by atoms with Crippen LogP contribution in [0.15, 0.2) is 24.3 Å². The molecule has 0 spiro atoms. The molecule has 0 bridgehead atoms. The molecule has 14 heavy (non-hydrogen) atoms. The lowest BCUT2D eigenvalue weighted by Gasteiger charge is -2.16. The maximum absolute atomic E-state index is 11.2. The summed E-state index contributed by atoms with van der Waals surface area (Å²) in [6.45, 7) is 4.01. The average Bonchev–Trinajstić information content (AvgIpc) is 2.07. The zero-order valence-electron chi connectivity index (χ0n) is 8.13. The summed E-state index contributed by atoms with van der Waals surface area (Å²) in [5.41, 5.74) is 1.00. The molecule has 1 aromatic carbocycles. The molecule has 1 aromatic rings. The minimum absolute atomic E-state index is 0.186. The van der Waals surface area contributed by atoms with E-state index in [1.165, 1.54) is 0 Å². The van der Waals surface area contributed by atoms with Gasteiger partial charge in [0.2, 0.25) is 5.24 Å². The molecule has 0 radical (unpaired) electrons. The van der Waals surface area contributed by atoms with Crippen LogP contribution in [0.25, 0.3) is 0 Å². The average molecular weight is 323 g/mol. The SMILES string of the molecule is CC(C)C(C(=O)Cl)c1ccc(I)cc1. The van der Waals surface area contributed by atoms with Gasteiger partial charge in [-0.15, -0.1) is 0 Å². The minimum atomic E-state index is -0.277. The lowest BCUT2D eigenvalue weighted by molar-refractivity contribution is -0.113. The van der Waals surface area contributed by atoms with Crippen LogP contribution < -0.4 is 0 Å². The van der Waals surface area contributed by atoms with Gasteiger partial charge in [0, 0.05) is 3.57 Å². The van der Waals surface area contributed by atoms with Crippen LogP contribution in [0.1, 0.15) is 25.3 Å². The normalized spacial score (nSPS) is 12.9. The lowest BCUT2D eigenvalue weighted by Crippen LogP contribution is -2.13. The first-order chi connectivity index (χ1) is 6.52. The summed E-state index contributed by atoms with van der Waals surface area (Å²) in [5.74, 6) is 0.0497. The van der Waals surface area contributed by atoms with Gasteiger partial charge in [0.25, 0.3) is 0 Å². The van der Waals surface area contributed by atoms with Gasteiger partial charge in [-0.05, 0) is 57.8 Å². The number of carbonyl (C=O) groups is 1. The van der Waals surface area contributed by atoms with Crippen molar-refractivity contribution in [2.75, 3.05) is 0 Å². The van der Waals surface area contributed by atoms with Crippen LogP contribution >= 0.6 is 34.2 Å². The summed E-state index contributed by atoms with van der Waals surface area (Å²) < 4.78 is 1.16. The molecule has 1 unspecified atom stereocenters. The molecule has 1 nitrogen and oxygen atoms in total. The molecule has 0 N–H and O–H groups in total. The fraction of sp³-hybridized carbons (Fsp3) is 0.364. The maximum Gasteiger partial charge on any atom is 0.229 e. The molecule has 0 saturated heterocycles. The Hall–Kier alpha value is -0.0900. The zero-order valence-corrected chi connectivity index (χ0v) is 11.0. The smallest absolute Gasteiger partial charge is 0.229 e. The number of carbonyl (C=O) groups excluding carboxylic acids is 1. The second kappa shape index (κ2) is 5.12. The van der Waals surface area contributed by atoms with Crippen molar-refractivity contribution in [1.29, 1.82) is 0 Å². The summed E-state index contributed by atoms with van der Waals surface area (Å²) in [5, 5.41) is -0.277. The summed E-state index contributed by atoms with van der Waals surface area (Å²) in [6.07, 6.45) is 0. The van der Waals surface area contributed by atoms with E-state index in [1.54, 1.807) is 0 Å². The molecule has 0 saturated carbocycles. The van der Waals surface area contributed by atoms with Gasteiger partial charge in [-0.3, -0.25) is 4.79 Å². The number of benzene rings is 1. The van der Waals surface area contributed by atoms with Crippen molar-refractivity contribution in [2.45, 2.75) is 19.8 Å². The maximum atomic E-state index is 11.2. The monoisotopic (exact) mass is 322 g/mol. The second-order valence-electron chi connectivity index (χ2n) is 3.58. The standard InChI is InChI=1S/C11H12ClIO/c1-7(2)10(11(12)14)8-3-5-9(13)6-4-8/h3-7,10H,1-2H3. The van der Waals surface area contributed by atoms with Crippen molar-refractivity contribution in [3.63, 3.8) is 0 Å². The van der Waals surface area contributed by atoms with Gasteiger partial charge in [-0.2, -0.15) is 0 Å². The molecule has 0 amide bonds. The quantitative estimate of drug-likeness (QED) is 0.611. The van der Waals surface area contributed by atoms with E-state index in [0.29, 0.717) is 0 Å². The molecule has 0 aliphatic heterocycles. The van der Waals surface area contributed by atoms with E-state index < -0.39 is 0 Å². The van der Waals surface area contributed by atoms with E-state index in [9.17, 15) is 4.79 Å². The van der Waals surface area contributed by atoms with E-state index in [2.05, 4.69) is 22.6 Å². The van der Waals surface area contributed by atoms with E-state index in [1.807, 2.05) is 38.1 Å². The Balaban J connectivity index is 3.00. The lowest BCUT2D eigenvalue weighted by atomic mass is 9.90. The zero-order chi connectivity index (χ0) is 10.7. The van der Waals surface area contributed by atoms with Gasteiger partial charge in [0.15, 0.2) is 0 Å². The molecular formula is C11H12ClIO. The number of hydrogen-bond donors (Lipinski definition) is 0. The Kier molecular flexibility index (Phi) is 4.38. The molecule has 1 atom stereocenters. The Bertz CT molecular complexity index is 319.